The van der Waals surface area contributed by atoms with Gasteiger partial charge in [-0.1, -0.05) is 18.2 Å². The molecule has 24 heavy (non-hydrogen) atoms. The minimum absolute atomic E-state index is 0.0236. The summed E-state index contributed by atoms with van der Waals surface area (Å²) in [5.41, 5.74) is 1.45. The van der Waals surface area contributed by atoms with Crippen LogP contribution in [-0.4, -0.2) is 37.1 Å². The van der Waals surface area contributed by atoms with E-state index in [9.17, 15) is 14.4 Å². The average molecular weight is 327 g/mol. The Labute approximate surface area is 139 Å². The zero-order valence-electron chi connectivity index (χ0n) is 13.4. The molecule has 2 aliphatic rings. The fourth-order valence-electron chi connectivity index (χ4n) is 2.36. The van der Waals surface area contributed by atoms with Crippen molar-refractivity contribution in [2.75, 3.05) is 18.1 Å². The predicted molar refractivity (Wildman–Crippen MR) is 86.1 cm³/mol. The maximum absolute atomic E-state index is 12.6. The van der Waals surface area contributed by atoms with Gasteiger partial charge in [0.2, 0.25) is 0 Å². The summed E-state index contributed by atoms with van der Waals surface area (Å²) in [5, 5.41) is 0. The highest BCUT2D eigenvalue weighted by Gasteiger charge is 2.34. The van der Waals surface area contributed by atoms with Gasteiger partial charge in [0.1, 0.15) is 12.7 Å². The molecule has 1 aromatic rings. The van der Waals surface area contributed by atoms with Crippen LogP contribution in [0.15, 0.2) is 53.1 Å². The summed E-state index contributed by atoms with van der Waals surface area (Å²) in [5.74, 6) is -1.38. The number of anilines is 1. The maximum Gasteiger partial charge on any atom is 0.334 e. The third-order valence-corrected chi connectivity index (χ3v) is 4.01. The summed E-state index contributed by atoms with van der Waals surface area (Å²) in [4.78, 5) is 37.9. The summed E-state index contributed by atoms with van der Waals surface area (Å²) in [6.45, 7) is 4.01. The quantitative estimate of drug-likeness (QED) is 0.356. The number of epoxide rings is 1. The number of para-hydroxylation sites is 1. The van der Waals surface area contributed by atoms with Crippen molar-refractivity contribution in [3.8, 4) is 0 Å². The van der Waals surface area contributed by atoms with Crippen molar-refractivity contribution in [3.05, 3.63) is 53.1 Å². The first-order valence-corrected chi connectivity index (χ1v) is 7.60. The molecule has 1 saturated heterocycles. The lowest BCUT2D eigenvalue weighted by Gasteiger charge is -2.15. The molecule has 2 aliphatic heterocycles. The molecule has 1 unspecified atom stereocenters. The molecule has 0 spiro atoms. The van der Waals surface area contributed by atoms with Crippen molar-refractivity contribution in [2.24, 2.45) is 0 Å². The Balaban J connectivity index is 1.79. The first-order valence-electron chi connectivity index (χ1n) is 7.60. The number of benzene rings is 1. The number of hydrogen-bond donors (Lipinski definition) is 0. The first-order chi connectivity index (χ1) is 11.5. The molecule has 0 bridgehead atoms. The van der Waals surface area contributed by atoms with E-state index in [2.05, 4.69) is 0 Å². The second-order valence-electron chi connectivity index (χ2n) is 5.68. The van der Waals surface area contributed by atoms with Gasteiger partial charge in [0.15, 0.2) is 0 Å². The number of hydrogen-bond acceptors (Lipinski definition) is 5. The lowest BCUT2D eigenvalue weighted by atomic mass is 10.0. The molecule has 0 aromatic heterocycles. The summed E-state index contributed by atoms with van der Waals surface area (Å²) in [7, 11) is 0. The maximum atomic E-state index is 12.6. The van der Waals surface area contributed by atoms with E-state index in [0.717, 1.165) is 4.90 Å². The molecular formula is C18H17NO5. The van der Waals surface area contributed by atoms with Crippen LogP contribution in [0.4, 0.5) is 5.69 Å². The van der Waals surface area contributed by atoms with E-state index in [1.165, 1.54) is 6.08 Å². The van der Waals surface area contributed by atoms with Gasteiger partial charge in [-0.15, -0.1) is 0 Å². The SMILES string of the molecule is C/C(C(=O)OCC1CO1)=C(/C)C1=CC(=O)N(c2ccccc2)C1=O. The van der Waals surface area contributed by atoms with Gasteiger partial charge in [0, 0.05) is 17.2 Å². The highest BCUT2D eigenvalue weighted by molar-refractivity contribution is 6.32. The normalized spacial score (nSPS) is 20.7. The van der Waals surface area contributed by atoms with Gasteiger partial charge >= 0.3 is 5.97 Å². The average Bonchev–Trinajstić information content (AvgIpc) is 3.36. The minimum atomic E-state index is -0.512. The Bertz CT molecular complexity index is 759. The van der Waals surface area contributed by atoms with E-state index in [4.69, 9.17) is 9.47 Å². The Morgan fingerprint density at radius 1 is 1.25 bits per heavy atom. The van der Waals surface area contributed by atoms with Crippen LogP contribution in [-0.2, 0) is 23.9 Å². The molecule has 3 rings (SSSR count). The third-order valence-electron chi connectivity index (χ3n) is 4.01. The summed E-state index contributed by atoms with van der Waals surface area (Å²) >= 11 is 0. The smallest absolute Gasteiger partial charge is 0.334 e. The Hall–Kier alpha value is -2.73. The molecule has 6 nitrogen and oxygen atoms in total. The van der Waals surface area contributed by atoms with Crippen LogP contribution in [0.1, 0.15) is 13.8 Å². The van der Waals surface area contributed by atoms with Crippen LogP contribution in [0.25, 0.3) is 0 Å². The molecule has 2 amide bonds. The van der Waals surface area contributed by atoms with Crippen molar-refractivity contribution < 1.29 is 23.9 Å². The van der Waals surface area contributed by atoms with Crippen LogP contribution in [0.3, 0.4) is 0 Å². The van der Waals surface area contributed by atoms with Crippen LogP contribution < -0.4 is 4.90 Å². The molecular weight excluding hydrogens is 310 g/mol. The Kier molecular flexibility index (Phi) is 4.31. The second-order valence-corrected chi connectivity index (χ2v) is 5.68. The number of imide groups is 1. The lowest BCUT2D eigenvalue weighted by Crippen LogP contribution is -2.31. The first kappa shape index (κ1) is 16.1. The van der Waals surface area contributed by atoms with Crippen molar-refractivity contribution in [2.45, 2.75) is 20.0 Å². The summed E-state index contributed by atoms with van der Waals surface area (Å²) in [6.07, 6.45) is 1.23. The number of nitrogens with zero attached hydrogens (tertiary/aromatic N) is 1. The highest BCUT2D eigenvalue weighted by atomic mass is 16.6. The number of amides is 2. The third kappa shape index (κ3) is 3.14. The van der Waals surface area contributed by atoms with Crippen LogP contribution in [0, 0.1) is 0 Å². The zero-order valence-corrected chi connectivity index (χ0v) is 13.4. The molecule has 0 saturated carbocycles. The van der Waals surface area contributed by atoms with Gasteiger partial charge in [0.25, 0.3) is 11.8 Å². The molecule has 0 radical (unpaired) electrons. The second kappa shape index (κ2) is 6.41. The summed E-state index contributed by atoms with van der Waals surface area (Å²) in [6, 6.07) is 8.67. The van der Waals surface area contributed by atoms with Crippen molar-refractivity contribution in [3.63, 3.8) is 0 Å². The molecule has 124 valence electrons. The van der Waals surface area contributed by atoms with Gasteiger partial charge in [-0.3, -0.25) is 9.59 Å². The molecule has 1 fully saturated rings. The van der Waals surface area contributed by atoms with Gasteiger partial charge in [0.05, 0.1) is 12.3 Å². The lowest BCUT2D eigenvalue weighted by molar-refractivity contribution is -0.139. The van der Waals surface area contributed by atoms with E-state index in [0.29, 0.717) is 23.4 Å². The molecule has 1 aromatic carbocycles. The molecule has 1 atom stereocenters. The minimum Gasteiger partial charge on any atom is -0.459 e. The van der Waals surface area contributed by atoms with Gasteiger partial charge in [-0.2, -0.15) is 0 Å². The standard InChI is InChI=1S/C18H17NO5/c1-11(12(2)18(22)24-10-14-9-23-14)15-8-16(20)19(17(15)21)13-6-4-3-5-7-13/h3-8,14H,9-10H2,1-2H3/b12-11+. The van der Waals surface area contributed by atoms with Crippen molar-refractivity contribution >= 4 is 23.5 Å². The monoisotopic (exact) mass is 327 g/mol. The van der Waals surface area contributed by atoms with E-state index in [-0.39, 0.29) is 18.3 Å². The molecule has 6 heteroatoms. The van der Waals surface area contributed by atoms with E-state index < -0.39 is 17.8 Å². The fraction of sp³-hybridized carbons (Fsp3) is 0.278. The van der Waals surface area contributed by atoms with Crippen LogP contribution in [0.2, 0.25) is 0 Å². The van der Waals surface area contributed by atoms with E-state index >= 15 is 0 Å². The van der Waals surface area contributed by atoms with Gasteiger partial charge < -0.3 is 9.47 Å². The van der Waals surface area contributed by atoms with E-state index in [1.807, 2.05) is 0 Å². The van der Waals surface area contributed by atoms with Crippen LogP contribution in [0.5, 0.6) is 0 Å². The molecule has 0 aliphatic carbocycles. The largest absolute Gasteiger partial charge is 0.459 e. The Morgan fingerprint density at radius 2 is 1.92 bits per heavy atom. The van der Waals surface area contributed by atoms with Gasteiger partial charge in [-0.05, 0) is 31.6 Å². The zero-order chi connectivity index (χ0) is 17.3. The van der Waals surface area contributed by atoms with Gasteiger partial charge in [-0.25, -0.2) is 9.69 Å². The highest BCUT2D eigenvalue weighted by Crippen LogP contribution is 2.27. The number of carbonyl (C=O) groups is 3. The predicted octanol–water partition coefficient (Wildman–Crippen LogP) is 1.76. The van der Waals surface area contributed by atoms with Crippen molar-refractivity contribution in [1.29, 1.82) is 0 Å². The number of esters is 1. The topological polar surface area (TPSA) is 76.2 Å². The van der Waals surface area contributed by atoms with Crippen molar-refractivity contribution in [1.82, 2.24) is 0 Å². The number of carbonyl (C=O) groups excluding carboxylic acids is 3. The molecule has 0 N–H and O–H groups in total. The van der Waals surface area contributed by atoms with Crippen LogP contribution >= 0.6 is 0 Å². The number of ether oxygens (including phenoxy) is 2. The Morgan fingerprint density at radius 3 is 2.54 bits per heavy atom. The van der Waals surface area contributed by atoms with E-state index in [1.54, 1.807) is 44.2 Å². The number of rotatable bonds is 5. The summed E-state index contributed by atoms with van der Waals surface area (Å²) < 4.78 is 10.1. The molecule has 2 heterocycles. The fourth-order valence-corrected chi connectivity index (χ4v) is 2.36.